The van der Waals surface area contributed by atoms with Gasteiger partial charge in [0.2, 0.25) is 11.8 Å². The van der Waals surface area contributed by atoms with Crippen LogP contribution in [0.15, 0.2) is 0 Å². The van der Waals surface area contributed by atoms with Crippen LogP contribution in [-0.4, -0.2) is 49.4 Å². The number of likely N-dealkylation sites (tertiary alicyclic amines) is 1. The third kappa shape index (κ3) is 4.20. The smallest absolute Gasteiger partial charge is 0.242 e. The molecule has 2 fully saturated rings. The second-order valence-corrected chi connectivity index (χ2v) is 6.02. The summed E-state index contributed by atoms with van der Waals surface area (Å²) in [6, 6.07) is 0.391. The lowest BCUT2D eigenvalue weighted by Gasteiger charge is -2.32. The van der Waals surface area contributed by atoms with E-state index < -0.39 is 0 Å². The maximum atomic E-state index is 12.1. The molecule has 2 aliphatic rings. The topological polar surface area (TPSA) is 61.4 Å². The van der Waals surface area contributed by atoms with Gasteiger partial charge >= 0.3 is 0 Å². The molecule has 0 aromatic carbocycles. The molecule has 0 aromatic rings. The second-order valence-electron chi connectivity index (χ2n) is 6.02. The number of nitrogens with zero attached hydrogens (tertiary/aromatic N) is 1. The number of hydrogen-bond donors (Lipinski definition) is 2. The maximum Gasteiger partial charge on any atom is 0.242 e. The van der Waals surface area contributed by atoms with Gasteiger partial charge in [-0.3, -0.25) is 9.59 Å². The molecule has 1 saturated heterocycles. The molecule has 5 heteroatoms. The Balaban J connectivity index is 1.72. The van der Waals surface area contributed by atoms with Crippen molar-refractivity contribution in [3.63, 3.8) is 0 Å². The van der Waals surface area contributed by atoms with Gasteiger partial charge in [0.15, 0.2) is 0 Å². The fraction of sp³-hybridized carbons (Fsp3) is 0.867. The van der Waals surface area contributed by atoms with Crippen molar-refractivity contribution in [2.45, 2.75) is 51.0 Å². The number of hydrogen-bond acceptors (Lipinski definition) is 3. The maximum absolute atomic E-state index is 12.1. The van der Waals surface area contributed by atoms with Crippen LogP contribution in [0.5, 0.6) is 0 Å². The molecule has 0 aromatic heterocycles. The predicted molar refractivity (Wildman–Crippen MR) is 78.2 cm³/mol. The van der Waals surface area contributed by atoms with Crippen LogP contribution in [-0.2, 0) is 9.59 Å². The van der Waals surface area contributed by atoms with E-state index in [0.29, 0.717) is 6.04 Å². The van der Waals surface area contributed by atoms with Crippen molar-refractivity contribution in [2.24, 2.45) is 5.92 Å². The summed E-state index contributed by atoms with van der Waals surface area (Å²) in [7, 11) is 1.93. The van der Waals surface area contributed by atoms with E-state index in [1.54, 1.807) is 0 Å². The SMILES string of the molecule is CNC1CCCN(C(=O)CNC(=O)C2CCCCC2)C1. The molecule has 1 heterocycles. The lowest BCUT2D eigenvalue weighted by atomic mass is 9.89. The van der Waals surface area contributed by atoms with Gasteiger partial charge in [-0.05, 0) is 32.7 Å². The van der Waals surface area contributed by atoms with E-state index in [4.69, 9.17) is 0 Å². The lowest BCUT2D eigenvalue weighted by Crippen LogP contribution is -2.50. The number of amides is 2. The van der Waals surface area contributed by atoms with Crippen molar-refractivity contribution in [2.75, 3.05) is 26.7 Å². The molecule has 20 heavy (non-hydrogen) atoms. The summed E-state index contributed by atoms with van der Waals surface area (Å²) < 4.78 is 0. The lowest BCUT2D eigenvalue weighted by molar-refractivity contribution is -0.135. The highest BCUT2D eigenvalue weighted by atomic mass is 16.2. The fourth-order valence-corrected chi connectivity index (χ4v) is 3.22. The Morgan fingerprint density at radius 3 is 2.55 bits per heavy atom. The molecule has 114 valence electrons. The van der Waals surface area contributed by atoms with E-state index in [-0.39, 0.29) is 24.3 Å². The summed E-state index contributed by atoms with van der Waals surface area (Å²) in [5.41, 5.74) is 0. The van der Waals surface area contributed by atoms with E-state index in [0.717, 1.165) is 51.6 Å². The Bertz CT molecular complexity index is 340. The minimum absolute atomic E-state index is 0.0501. The fourth-order valence-electron chi connectivity index (χ4n) is 3.22. The first-order chi connectivity index (χ1) is 9.70. The number of piperidine rings is 1. The molecular weight excluding hydrogens is 254 g/mol. The van der Waals surface area contributed by atoms with Crippen LogP contribution >= 0.6 is 0 Å². The quantitative estimate of drug-likeness (QED) is 0.804. The van der Waals surface area contributed by atoms with Crippen LogP contribution < -0.4 is 10.6 Å². The van der Waals surface area contributed by atoms with Crippen LogP contribution in [0.1, 0.15) is 44.9 Å². The molecule has 1 atom stereocenters. The number of nitrogens with one attached hydrogen (secondary N) is 2. The predicted octanol–water partition coefficient (Wildman–Crippen LogP) is 0.893. The largest absolute Gasteiger partial charge is 0.347 e. The van der Waals surface area contributed by atoms with Crippen molar-refractivity contribution in [3.05, 3.63) is 0 Å². The monoisotopic (exact) mass is 281 g/mol. The molecule has 1 aliphatic heterocycles. The molecule has 2 amide bonds. The van der Waals surface area contributed by atoms with Gasteiger partial charge < -0.3 is 15.5 Å². The zero-order valence-corrected chi connectivity index (χ0v) is 12.5. The summed E-state index contributed by atoms with van der Waals surface area (Å²) in [6.45, 7) is 1.73. The molecule has 1 unspecified atom stereocenters. The first kappa shape index (κ1) is 15.3. The molecule has 2 rings (SSSR count). The Kier molecular flexibility index (Phi) is 5.83. The summed E-state index contributed by atoms with van der Waals surface area (Å²) in [4.78, 5) is 26.0. The number of rotatable bonds is 4. The van der Waals surface area contributed by atoms with E-state index in [1.165, 1.54) is 6.42 Å². The van der Waals surface area contributed by atoms with Crippen molar-refractivity contribution >= 4 is 11.8 Å². The van der Waals surface area contributed by atoms with E-state index in [1.807, 2.05) is 11.9 Å². The summed E-state index contributed by atoms with van der Waals surface area (Å²) >= 11 is 0. The Morgan fingerprint density at radius 2 is 1.85 bits per heavy atom. The average Bonchev–Trinajstić information content (AvgIpc) is 2.53. The average molecular weight is 281 g/mol. The minimum atomic E-state index is 0.0501. The van der Waals surface area contributed by atoms with Crippen molar-refractivity contribution in [1.82, 2.24) is 15.5 Å². The molecular formula is C15H27N3O2. The summed E-state index contributed by atoms with van der Waals surface area (Å²) in [5.74, 6) is 0.247. The van der Waals surface area contributed by atoms with Crippen LogP contribution in [0.3, 0.4) is 0 Å². The highest BCUT2D eigenvalue weighted by Gasteiger charge is 2.24. The molecule has 2 N–H and O–H groups in total. The number of carbonyl (C=O) groups excluding carboxylic acids is 2. The van der Waals surface area contributed by atoms with Crippen molar-refractivity contribution < 1.29 is 9.59 Å². The van der Waals surface area contributed by atoms with Gasteiger partial charge in [-0.15, -0.1) is 0 Å². The first-order valence-corrected chi connectivity index (χ1v) is 7.93. The van der Waals surface area contributed by atoms with Crippen LogP contribution in [0, 0.1) is 5.92 Å². The number of carbonyl (C=O) groups is 2. The van der Waals surface area contributed by atoms with Crippen molar-refractivity contribution in [3.8, 4) is 0 Å². The van der Waals surface area contributed by atoms with Gasteiger partial charge in [0, 0.05) is 25.0 Å². The molecule has 5 nitrogen and oxygen atoms in total. The van der Waals surface area contributed by atoms with Gasteiger partial charge in [-0.2, -0.15) is 0 Å². The number of likely N-dealkylation sites (N-methyl/N-ethyl adjacent to an activating group) is 1. The third-order valence-corrected chi connectivity index (χ3v) is 4.57. The highest BCUT2D eigenvalue weighted by molar-refractivity contribution is 5.85. The van der Waals surface area contributed by atoms with Gasteiger partial charge in [0.25, 0.3) is 0 Å². The van der Waals surface area contributed by atoms with Gasteiger partial charge in [0.05, 0.1) is 6.54 Å². The third-order valence-electron chi connectivity index (χ3n) is 4.57. The van der Waals surface area contributed by atoms with E-state index in [2.05, 4.69) is 10.6 Å². The normalized spacial score (nSPS) is 24.4. The summed E-state index contributed by atoms with van der Waals surface area (Å²) in [5, 5.41) is 6.06. The van der Waals surface area contributed by atoms with Crippen molar-refractivity contribution in [1.29, 1.82) is 0 Å². The molecule has 1 aliphatic carbocycles. The standard InChI is InChI=1S/C15H27N3O2/c1-16-13-8-5-9-18(11-13)14(19)10-17-15(20)12-6-3-2-4-7-12/h12-13,16H,2-11H2,1H3,(H,17,20). The highest BCUT2D eigenvalue weighted by Crippen LogP contribution is 2.23. The van der Waals surface area contributed by atoms with E-state index in [9.17, 15) is 9.59 Å². The zero-order valence-electron chi connectivity index (χ0n) is 12.5. The molecule has 0 radical (unpaired) electrons. The van der Waals surface area contributed by atoms with Crippen LogP contribution in [0.2, 0.25) is 0 Å². The molecule has 0 spiro atoms. The van der Waals surface area contributed by atoms with Gasteiger partial charge in [-0.1, -0.05) is 19.3 Å². The summed E-state index contributed by atoms with van der Waals surface area (Å²) in [6.07, 6.45) is 7.63. The zero-order chi connectivity index (χ0) is 14.4. The van der Waals surface area contributed by atoms with Crippen LogP contribution in [0.4, 0.5) is 0 Å². The Labute approximate surface area is 121 Å². The minimum Gasteiger partial charge on any atom is -0.347 e. The molecule has 1 saturated carbocycles. The van der Waals surface area contributed by atoms with Gasteiger partial charge in [0.1, 0.15) is 0 Å². The molecule has 0 bridgehead atoms. The van der Waals surface area contributed by atoms with E-state index >= 15 is 0 Å². The Morgan fingerprint density at radius 1 is 1.10 bits per heavy atom. The van der Waals surface area contributed by atoms with Crippen LogP contribution in [0.25, 0.3) is 0 Å². The van der Waals surface area contributed by atoms with Gasteiger partial charge in [-0.25, -0.2) is 0 Å². The first-order valence-electron chi connectivity index (χ1n) is 7.93. The second kappa shape index (κ2) is 7.62. The Hall–Kier alpha value is -1.10.